The summed E-state index contributed by atoms with van der Waals surface area (Å²) in [6.07, 6.45) is 1.97. The lowest BCUT2D eigenvalue weighted by molar-refractivity contribution is 0.188. The van der Waals surface area contributed by atoms with Crippen LogP contribution in [0, 0.1) is 6.92 Å². The average Bonchev–Trinajstić information content (AvgIpc) is 3.24. The molecule has 2 aromatic heterocycles. The number of para-hydroxylation sites is 2. The van der Waals surface area contributed by atoms with Crippen molar-refractivity contribution in [2.24, 2.45) is 0 Å². The third-order valence-corrected chi connectivity index (χ3v) is 5.21. The zero-order chi connectivity index (χ0) is 20.2. The van der Waals surface area contributed by atoms with Crippen molar-refractivity contribution in [2.75, 3.05) is 25.6 Å². The molecule has 29 heavy (non-hydrogen) atoms. The van der Waals surface area contributed by atoms with Gasteiger partial charge in [-0.2, -0.15) is 0 Å². The minimum Gasteiger partial charge on any atom is -0.383 e. The number of carbonyl (C=O) groups excluding carboxylic acids is 1. The number of methoxy groups -OCH3 is 1. The average molecular weight is 390 g/mol. The van der Waals surface area contributed by atoms with Crippen molar-refractivity contribution < 1.29 is 9.53 Å². The molecule has 0 aliphatic rings. The molecule has 6 heteroatoms. The van der Waals surface area contributed by atoms with E-state index in [1.54, 1.807) is 7.11 Å². The Bertz CT molecular complexity index is 1140. The molecule has 4 aromatic rings. The largest absolute Gasteiger partial charge is 0.383 e. The third kappa shape index (κ3) is 3.98. The SMILES string of the molecule is COCCn1cc(NC(=O)NCCn2c(C)cc3ccccc32)c2ccccc21. The van der Waals surface area contributed by atoms with E-state index in [0.29, 0.717) is 13.2 Å². The van der Waals surface area contributed by atoms with Crippen molar-refractivity contribution in [3.8, 4) is 0 Å². The van der Waals surface area contributed by atoms with Crippen LogP contribution in [0.5, 0.6) is 0 Å². The summed E-state index contributed by atoms with van der Waals surface area (Å²) < 4.78 is 9.52. The number of carbonyl (C=O) groups is 1. The first-order valence-electron chi connectivity index (χ1n) is 9.84. The van der Waals surface area contributed by atoms with Crippen molar-refractivity contribution in [2.45, 2.75) is 20.0 Å². The second kappa shape index (κ2) is 8.41. The van der Waals surface area contributed by atoms with Gasteiger partial charge in [-0.3, -0.25) is 0 Å². The second-order valence-electron chi connectivity index (χ2n) is 7.12. The van der Waals surface area contributed by atoms with Crippen molar-refractivity contribution >= 4 is 33.5 Å². The Kier molecular flexibility index (Phi) is 5.53. The van der Waals surface area contributed by atoms with Crippen LogP contribution in [0.3, 0.4) is 0 Å². The molecule has 0 saturated carbocycles. The zero-order valence-electron chi connectivity index (χ0n) is 16.8. The minimum absolute atomic E-state index is 0.200. The smallest absolute Gasteiger partial charge is 0.319 e. The Balaban J connectivity index is 1.42. The number of nitrogens with zero attached hydrogens (tertiary/aromatic N) is 2. The molecule has 2 amide bonds. The summed E-state index contributed by atoms with van der Waals surface area (Å²) in [6.45, 7) is 4.72. The monoisotopic (exact) mass is 390 g/mol. The van der Waals surface area contributed by atoms with Crippen LogP contribution in [0.15, 0.2) is 60.8 Å². The highest BCUT2D eigenvalue weighted by molar-refractivity contribution is 6.01. The molecule has 0 unspecified atom stereocenters. The van der Waals surface area contributed by atoms with Gasteiger partial charge in [-0.1, -0.05) is 36.4 Å². The molecule has 0 atom stereocenters. The fourth-order valence-electron chi connectivity index (χ4n) is 3.81. The van der Waals surface area contributed by atoms with E-state index >= 15 is 0 Å². The predicted molar refractivity (Wildman–Crippen MR) is 118 cm³/mol. The highest BCUT2D eigenvalue weighted by atomic mass is 16.5. The summed E-state index contributed by atoms with van der Waals surface area (Å²) in [4.78, 5) is 12.5. The van der Waals surface area contributed by atoms with Gasteiger partial charge in [0, 0.05) is 49.5 Å². The van der Waals surface area contributed by atoms with Gasteiger partial charge in [-0.15, -0.1) is 0 Å². The number of hydrogen-bond donors (Lipinski definition) is 2. The number of rotatable bonds is 7. The Hall–Kier alpha value is -3.25. The Morgan fingerprint density at radius 3 is 2.62 bits per heavy atom. The van der Waals surface area contributed by atoms with E-state index in [2.05, 4.69) is 44.9 Å². The van der Waals surface area contributed by atoms with Gasteiger partial charge in [0.2, 0.25) is 0 Å². The number of ether oxygens (including phenoxy) is 1. The molecule has 2 N–H and O–H groups in total. The van der Waals surface area contributed by atoms with E-state index in [9.17, 15) is 4.79 Å². The predicted octanol–water partition coefficient (Wildman–Crippen LogP) is 4.37. The van der Waals surface area contributed by atoms with Crippen LogP contribution in [0.4, 0.5) is 10.5 Å². The molecule has 0 bridgehead atoms. The molecule has 0 fully saturated rings. The molecule has 0 aliphatic heterocycles. The van der Waals surface area contributed by atoms with Crippen LogP contribution >= 0.6 is 0 Å². The molecule has 0 spiro atoms. The fourth-order valence-corrected chi connectivity index (χ4v) is 3.81. The number of aromatic nitrogens is 2. The fraction of sp³-hybridized carbons (Fsp3) is 0.261. The maximum Gasteiger partial charge on any atom is 0.319 e. The maximum absolute atomic E-state index is 12.5. The Morgan fingerprint density at radius 2 is 1.79 bits per heavy atom. The van der Waals surface area contributed by atoms with Crippen LogP contribution in [0.1, 0.15) is 5.69 Å². The highest BCUT2D eigenvalue weighted by Gasteiger charge is 2.11. The van der Waals surface area contributed by atoms with Crippen LogP contribution < -0.4 is 10.6 Å². The molecular weight excluding hydrogens is 364 g/mol. The molecule has 6 nitrogen and oxygen atoms in total. The first-order valence-corrected chi connectivity index (χ1v) is 9.84. The van der Waals surface area contributed by atoms with E-state index in [4.69, 9.17) is 4.74 Å². The molecule has 2 aromatic carbocycles. The highest BCUT2D eigenvalue weighted by Crippen LogP contribution is 2.25. The Labute approximate surface area is 170 Å². The lowest BCUT2D eigenvalue weighted by Crippen LogP contribution is -2.31. The molecular formula is C23H26N4O2. The minimum atomic E-state index is -0.200. The van der Waals surface area contributed by atoms with Crippen LogP contribution in [0.25, 0.3) is 21.8 Å². The molecule has 4 rings (SSSR count). The number of benzene rings is 2. The summed E-state index contributed by atoms with van der Waals surface area (Å²) >= 11 is 0. The summed E-state index contributed by atoms with van der Waals surface area (Å²) in [5.74, 6) is 0. The molecule has 150 valence electrons. The topological polar surface area (TPSA) is 60.2 Å². The van der Waals surface area contributed by atoms with E-state index in [0.717, 1.165) is 29.7 Å². The molecule has 2 heterocycles. The maximum atomic E-state index is 12.5. The summed E-state index contributed by atoms with van der Waals surface area (Å²) in [5.41, 5.74) is 4.26. The number of hydrogen-bond acceptors (Lipinski definition) is 2. The number of amides is 2. The van der Waals surface area contributed by atoms with E-state index < -0.39 is 0 Å². The van der Waals surface area contributed by atoms with Crippen molar-refractivity contribution in [1.82, 2.24) is 14.5 Å². The number of urea groups is 1. The normalized spacial score (nSPS) is 11.2. The first kappa shape index (κ1) is 19.1. The summed E-state index contributed by atoms with van der Waals surface area (Å²) in [6, 6.07) is 18.3. The molecule has 0 saturated heterocycles. The quantitative estimate of drug-likeness (QED) is 0.492. The first-order chi connectivity index (χ1) is 14.2. The standard InChI is InChI=1S/C23H26N4O2/c1-17-15-18-7-3-5-9-21(18)27(17)12-11-24-23(28)25-20-16-26(13-14-29-2)22-10-6-4-8-19(20)22/h3-10,15-16H,11-14H2,1-2H3,(H2,24,25,28). The summed E-state index contributed by atoms with van der Waals surface area (Å²) in [7, 11) is 1.69. The van der Waals surface area contributed by atoms with Crippen molar-refractivity contribution in [3.05, 3.63) is 66.5 Å². The molecule has 0 aliphatic carbocycles. The van der Waals surface area contributed by atoms with Crippen LogP contribution in [-0.4, -0.2) is 35.4 Å². The zero-order valence-corrected chi connectivity index (χ0v) is 16.8. The number of fused-ring (bicyclic) bond motifs is 2. The Morgan fingerprint density at radius 1 is 1.03 bits per heavy atom. The summed E-state index contributed by atoms with van der Waals surface area (Å²) in [5, 5.41) is 8.21. The van der Waals surface area contributed by atoms with Gasteiger partial charge in [0.05, 0.1) is 17.8 Å². The van der Waals surface area contributed by atoms with Gasteiger partial charge in [0.15, 0.2) is 0 Å². The second-order valence-corrected chi connectivity index (χ2v) is 7.12. The van der Waals surface area contributed by atoms with Crippen molar-refractivity contribution in [3.63, 3.8) is 0 Å². The van der Waals surface area contributed by atoms with Gasteiger partial charge in [0.1, 0.15) is 0 Å². The lowest BCUT2D eigenvalue weighted by atomic mass is 10.2. The number of nitrogens with one attached hydrogen (secondary N) is 2. The van der Waals surface area contributed by atoms with Crippen LogP contribution in [-0.2, 0) is 17.8 Å². The number of anilines is 1. The number of aryl methyl sites for hydroxylation is 1. The van der Waals surface area contributed by atoms with E-state index in [1.807, 2.05) is 42.6 Å². The van der Waals surface area contributed by atoms with E-state index in [1.165, 1.54) is 16.6 Å². The molecule has 0 radical (unpaired) electrons. The van der Waals surface area contributed by atoms with Gasteiger partial charge in [0.25, 0.3) is 0 Å². The van der Waals surface area contributed by atoms with Crippen LogP contribution in [0.2, 0.25) is 0 Å². The van der Waals surface area contributed by atoms with Gasteiger partial charge < -0.3 is 24.5 Å². The van der Waals surface area contributed by atoms with Crippen molar-refractivity contribution in [1.29, 1.82) is 0 Å². The van der Waals surface area contributed by atoms with E-state index in [-0.39, 0.29) is 6.03 Å². The lowest BCUT2D eigenvalue weighted by Gasteiger charge is -2.10. The third-order valence-electron chi connectivity index (χ3n) is 5.21. The van der Waals surface area contributed by atoms with Gasteiger partial charge >= 0.3 is 6.03 Å². The van der Waals surface area contributed by atoms with Gasteiger partial charge in [-0.25, -0.2) is 4.79 Å². The van der Waals surface area contributed by atoms with Gasteiger partial charge in [-0.05, 0) is 30.5 Å².